The largest absolute Gasteiger partial charge is 0.501 e. The molecule has 1 amide bonds. The number of likely N-dealkylation sites (N-methyl/N-ethyl adjacent to an activating group) is 1. The van der Waals surface area contributed by atoms with Crippen LogP contribution in [0.2, 0.25) is 0 Å². The molecule has 6 nitrogen and oxygen atoms in total. The maximum atomic E-state index is 11.9. The molecule has 0 aromatic rings. The molecule has 0 unspecified atom stereocenters. The van der Waals surface area contributed by atoms with Gasteiger partial charge in [-0.3, -0.25) is 4.90 Å². The number of allylic oxidation sites excluding steroid dienone is 2. The van der Waals surface area contributed by atoms with Crippen LogP contribution in [0.15, 0.2) is 23.6 Å². The third-order valence-corrected chi connectivity index (χ3v) is 2.53. The van der Waals surface area contributed by atoms with Gasteiger partial charge in [-0.15, -0.1) is 0 Å². The standard InChI is InChI=1S/C14H21NO5/c1-14(2,3)20-13(18)15(4)11(12(16)17)8-10-6-5-7-19-9-10/h8-9H,5-7H2,1-4H3,(H,16,17)/b11-8+. The molecule has 1 aliphatic heterocycles. The molecule has 1 aliphatic rings. The Morgan fingerprint density at radius 3 is 2.55 bits per heavy atom. The second kappa shape index (κ2) is 6.45. The van der Waals surface area contributed by atoms with Crippen molar-refractivity contribution in [3.8, 4) is 0 Å². The molecule has 0 bridgehead atoms. The van der Waals surface area contributed by atoms with Gasteiger partial charge in [-0.05, 0) is 45.3 Å². The lowest BCUT2D eigenvalue weighted by molar-refractivity contribution is -0.134. The van der Waals surface area contributed by atoms with Crippen molar-refractivity contribution in [1.29, 1.82) is 0 Å². The van der Waals surface area contributed by atoms with Crippen LogP contribution in [0.1, 0.15) is 33.6 Å². The molecule has 112 valence electrons. The molecule has 1 rings (SSSR count). The van der Waals surface area contributed by atoms with E-state index >= 15 is 0 Å². The van der Waals surface area contributed by atoms with E-state index in [1.165, 1.54) is 19.4 Å². The molecule has 0 aliphatic carbocycles. The Kier molecular flexibility index (Phi) is 5.19. The first-order chi connectivity index (χ1) is 9.20. The van der Waals surface area contributed by atoms with E-state index in [4.69, 9.17) is 9.47 Å². The number of hydrogen-bond acceptors (Lipinski definition) is 4. The van der Waals surface area contributed by atoms with Crippen molar-refractivity contribution in [2.75, 3.05) is 13.7 Å². The van der Waals surface area contributed by atoms with E-state index in [0.717, 1.165) is 23.3 Å². The van der Waals surface area contributed by atoms with Crippen molar-refractivity contribution in [3.63, 3.8) is 0 Å². The van der Waals surface area contributed by atoms with Gasteiger partial charge in [0, 0.05) is 7.05 Å². The van der Waals surface area contributed by atoms with Crippen LogP contribution in [0.25, 0.3) is 0 Å². The lowest BCUT2D eigenvalue weighted by atomic mass is 10.1. The molecule has 0 fully saturated rings. The average Bonchev–Trinajstić information content (AvgIpc) is 2.34. The Labute approximate surface area is 118 Å². The Hall–Kier alpha value is -1.98. The van der Waals surface area contributed by atoms with Gasteiger partial charge in [-0.2, -0.15) is 0 Å². The van der Waals surface area contributed by atoms with E-state index in [9.17, 15) is 14.7 Å². The second-order valence-electron chi connectivity index (χ2n) is 5.54. The molecule has 0 aromatic carbocycles. The Balaban J connectivity index is 2.90. The summed E-state index contributed by atoms with van der Waals surface area (Å²) in [5.41, 5.74) is -0.0811. The molecule has 0 saturated heterocycles. The number of nitrogens with zero attached hydrogens (tertiary/aromatic N) is 1. The fourth-order valence-corrected chi connectivity index (χ4v) is 1.60. The summed E-state index contributed by atoms with van der Waals surface area (Å²) < 4.78 is 10.3. The molecule has 1 heterocycles. The molecule has 0 radical (unpaired) electrons. The monoisotopic (exact) mass is 283 g/mol. The maximum absolute atomic E-state index is 11.9. The first kappa shape index (κ1) is 16.1. The van der Waals surface area contributed by atoms with Crippen molar-refractivity contribution in [2.45, 2.75) is 39.2 Å². The fourth-order valence-electron chi connectivity index (χ4n) is 1.60. The number of carbonyl (C=O) groups excluding carboxylic acids is 1. The highest BCUT2D eigenvalue weighted by atomic mass is 16.6. The Morgan fingerprint density at radius 1 is 1.45 bits per heavy atom. The summed E-state index contributed by atoms with van der Waals surface area (Å²) in [6.07, 6.45) is 3.80. The van der Waals surface area contributed by atoms with Crippen molar-refractivity contribution in [2.24, 2.45) is 0 Å². The van der Waals surface area contributed by atoms with Crippen LogP contribution in [0, 0.1) is 0 Å². The molecule has 0 spiro atoms. The third kappa shape index (κ3) is 4.95. The number of hydrogen-bond donors (Lipinski definition) is 1. The van der Waals surface area contributed by atoms with E-state index in [-0.39, 0.29) is 5.70 Å². The minimum absolute atomic E-state index is 0.143. The normalized spacial score (nSPS) is 16.0. The summed E-state index contributed by atoms with van der Waals surface area (Å²) in [7, 11) is 1.37. The molecule has 0 saturated carbocycles. The number of amides is 1. The molecular formula is C14H21NO5. The van der Waals surface area contributed by atoms with Crippen LogP contribution in [-0.2, 0) is 14.3 Å². The van der Waals surface area contributed by atoms with Crippen molar-refractivity contribution in [1.82, 2.24) is 4.90 Å². The van der Waals surface area contributed by atoms with Crippen LogP contribution < -0.4 is 0 Å². The van der Waals surface area contributed by atoms with Crippen molar-refractivity contribution < 1.29 is 24.2 Å². The van der Waals surface area contributed by atoms with Gasteiger partial charge in [0.05, 0.1) is 12.9 Å². The van der Waals surface area contributed by atoms with E-state index < -0.39 is 17.7 Å². The first-order valence-electron chi connectivity index (χ1n) is 6.43. The van der Waals surface area contributed by atoms with Gasteiger partial charge >= 0.3 is 12.1 Å². The number of rotatable bonds is 3. The SMILES string of the molecule is CN(C(=O)OC(C)(C)C)/C(=C/C1=COCCC1)C(=O)O. The van der Waals surface area contributed by atoms with Crippen LogP contribution >= 0.6 is 0 Å². The number of carbonyl (C=O) groups is 2. The zero-order valence-electron chi connectivity index (χ0n) is 12.3. The van der Waals surface area contributed by atoms with Gasteiger partial charge in [0.25, 0.3) is 0 Å². The van der Waals surface area contributed by atoms with Gasteiger partial charge in [0.1, 0.15) is 11.3 Å². The Morgan fingerprint density at radius 2 is 2.10 bits per heavy atom. The number of carboxylic acids is 1. The predicted octanol–water partition coefficient (Wildman–Crippen LogP) is 2.52. The topological polar surface area (TPSA) is 76.1 Å². The van der Waals surface area contributed by atoms with Crippen LogP contribution in [0.4, 0.5) is 4.79 Å². The van der Waals surface area contributed by atoms with Gasteiger partial charge in [0.2, 0.25) is 0 Å². The molecule has 1 N–H and O–H groups in total. The summed E-state index contributed by atoms with van der Waals surface area (Å²) in [6.45, 7) is 5.79. The van der Waals surface area contributed by atoms with Crippen molar-refractivity contribution >= 4 is 12.1 Å². The smallest absolute Gasteiger partial charge is 0.414 e. The lowest BCUT2D eigenvalue weighted by Crippen LogP contribution is -2.35. The molecule has 0 atom stereocenters. The van der Waals surface area contributed by atoms with E-state index in [2.05, 4.69) is 0 Å². The summed E-state index contributed by atoms with van der Waals surface area (Å²) >= 11 is 0. The quantitative estimate of drug-likeness (QED) is 0.805. The minimum atomic E-state index is -1.19. The van der Waals surface area contributed by atoms with Crippen molar-refractivity contribution in [3.05, 3.63) is 23.6 Å². The molecule has 6 heteroatoms. The molecule has 0 aromatic heterocycles. The fraction of sp³-hybridized carbons (Fsp3) is 0.571. The van der Waals surface area contributed by atoms with Gasteiger partial charge in [-0.25, -0.2) is 9.59 Å². The third-order valence-electron chi connectivity index (χ3n) is 2.53. The summed E-state index contributed by atoms with van der Waals surface area (Å²) in [4.78, 5) is 24.2. The molecule has 20 heavy (non-hydrogen) atoms. The summed E-state index contributed by atoms with van der Waals surface area (Å²) in [5, 5.41) is 9.24. The van der Waals surface area contributed by atoms with Crippen LogP contribution in [0.5, 0.6) is 0 Å². The van der Waals surface area contributed by atoms with E-state index in [1.54, 1.807) is 20.8 Å². The summed E-state index contributed by atoms with van der Waals surface area (Å²) in [6, 6.07) is 0. The van der Waals surface area contributed by atoms with E-state index in [1.807, 2.05) is 0 Å². The maximum Gasteiger partial charge on any atom is 0.414 e. The van der Waals surface area contributed by atoms with Crippen LogP contribution in [-0.4, -0.2) is 41.3 Å². The van der Waals surface area contributed by atoms with Gasteiger partial charge in [-0.1, -0.05) is 0 Å². The minimum Gasteiger partial charge on any atom is -0.501 e. The lowest BCUT2D eigenvalue weighted by Gasteiger charge is -2.25. The highest BCUT2D eigenvalue weighted by molar-refractivity contribution is 5.91. The van der Waals surface area contributed by atoms with E-state index in [0.29, 0.717) is 6.61 Å². The van der Waals surface area contributed by atoms with Gasteiger partial charge < -0.3 is 14.6 Å². The number of aliphatic carboxylic acids is 1. The summed E-state index contributed by atoms with van der Waals surface area (Å²) in [5.74, 6) is -1.19. The number of carboxylic acid groups (broad SMARTS) is 1. The highest BCUT2D eigenvalue weighted by Gasteiger charge is 2.25. The second-order valence-corrected chi connectivity index (χ2v) is 5.54. The Bertz CT molecular complexity index is 445. The zero-order valence-corrected chi connectivity index (χ0v) is 12.3. The number of ether oxygens (including phenoxy) is 2. The van der Waals surface area contributed by atoms with Gasteiger partial charge in [0.15, 0.2) is 0 Å². The van der Waals surface area contributed by atoms with Crippen LogP contribution in [0.3, 0.4) is 0 Å². The highest BCUT2D eigenvalue weighted by Crippen LogP contribution is 2.18. The molecular weight excluding hydrogens is 262 g/mol. The predicted molar refractivity (Wildman–Crippen MR) is 73.0 cm³/mol. The zero-order chi connectivity index (χ0) is 15.3. The average molecular weight is 283 g/mol. The first-order valence-corrected chi connectivity index (χ1v) is 6.43.